The highest BCUT2D eigenvalue weighted by atomic mass is 35.5. The Morgan fingerprint density at radius 1 is 1.12 bits per heavy atom. The first kappa shape index (κ1) is 17.2. The topological polar surface area (TPSA) is 59.2 Å². The maximum absolute atomic E-state index is 12.2. The predicted molar refractivity (Wildman–Crippen MR) is 96.2 cm³/mol. The minimum absolute atomic E-state index is 0.0565. The highest BCUT2D eigenvalue weighted by Crippen LogP contribution is 2.25. The number of amides is 1. The monoisotopic (exact) mass is 355 g/mol. The van der Waals surface area contributed by atoms with Gasteiger partial charge in [-0.05, 0) is 17.7 Å². The molecule has 128 valence electrons. The quantitative estimate of drug-likeness (QED) is 0.677. The number of hydrogen-bond donors (Lipinski definition) is 0. The number of likely N-dealkylation sites (N-methyl/N-ethyl adjacent to an activating group) is 1. The molecule has 0 saturated carbocycles. The molecule has 3 aromatic rings. The summed E-state index contributed by atoms with van der Waals surface area (Å²) >= 11 is 6.13. The Kier molecular flexibility index (Phi) is 5.46. The fourth-order valence-corrected chi connectivity index (χ4v) is 2.61. The van der Waals surface area contributed by atoms with Crippen molar-refractivity contribution < 1.29 is 9.32 Å². The summed E-state index contributed by atoms with van der Waals surface area (Å²) in [5.41, 5.74) is 1.70. The molecule has 0 aliphatic carbocycles. The van der Waals surface area contributed by atoms with Gasteiger partial charge in [-0.15, -0.1) is 0 Å². The molecule has 1 heterocycles. The van der Waals surface area contributed by atoms with Gasteiger partial charge in [-0.1, -0.05) is 59.2 Å². The van der Waals surface area contributed by atoms with Crippen LogP contribution in [-0.2, 0) is 17.6 Å². The maximum Gasteiger partial charge on any atom is 0.259 e. The van der Waals surface area contributed by atoms with Gasteiger partial charge in [-0.3, -0.25) is 4.79 Å². The van der Waals surface area contributed by atoms with Crippen LogP contribution in [0.1, 0.15) is 11.4 Å². The number of rotatable bonds is 6. The molecule has 5 nitrogen and oxygen atoms in total. The van der Waals surface area contributed by atoms with Crippen LogP contribution >= 0.6 is 11.6 Å². The summed E-state index contributed by atoms with van der Waals surface area (Å²) in [6.45, 7) is 0.521. The second-order valence-corrected chi connectivity index (χ2v) is 6.13. The number of hydrogen-bond acceptors (Lipinski definition) is 4. The average molecular weight is 356 g/mol. The lowest BCUT2D eigenvalue weighted by molar-refractivity contribution is -0.129. The largest absolute Gasteiger partial charge is 0.345 e. The summed E-state index contributed by atoms with van der Waals surface area (Å²) in [6.07, 6.45) is 0.902. The van der Waals surface area contributed by atoms with Crippen LogP contribution < -0.4 is 0 Å². The summed E-state index contributed by atoms with van der Waals surface area (Å²) in [6, 6.07) is 17.0. The summed E-state index contributed by atoms with van der Waals surface area (Å²) in [5, 5.41) is 4.53. The van der Waals surface area contributed by atoms with Crippen molar-refractivity contribution in [3.8, 4) is 11.5 Å². The first-order chi connectivity index (χ1) is 12.1. The van der Waals surface area contributed by atoms with E-state index < -0.39 is 0 Å². The number of halogens is 1. The third-order valence-electron chi connectivity index (χ3n) is 3.87. The van der Waals surface area contributed by atoms with Crippen LogP contribution in [0.3, 0.4) is 0 Å². The van der Waals surface area contributed by atoms with Gasteiger partial charge in [0.1, 0.15) is 0 Å². The van der Waals surface area contributed by atoms with E-state index in [1.807, 2.05) is 48.5 Å². The summed E-state index contributed by atoms with van der Waals surface area (Å²) < 4.78 is 5.27. The standard InChI is InChI=1S/C19H18ClN3O2/c1-23(18(24)13-14-7-3-2-4-8-14)12-11-17-21-19(25-22-17)15-9-5-6-10-16(15)20/h2-10H,11-13H2,1H3. The smallest absolute Gasteiger partial charge is 0.259 e. The molecular formula is C19H18ClN3O2. The maximum atomic E-state index is 12.2. The molecule has 0 aliphatic heterocycles. The number of benzene rings is 2. The van der Waals surface area contributed by atoms with E-state index in [1.165, 1.54) is 0 Å². The molecule has 25 heavy (non-hydrogen) atoms. The fourth-order valence-electron chi connectivity index (χ4n) is 2.40. The fraction of sp³-hybridized carbons (Fsp3) is 0.211. The Bertz CT molecular complexity index is 849. The van der Waals surface area contributed by atoms with E-state index in [9.17, 15) is 4.79 Å². The molecule has 1 amide bonds. The van der Waals surface area contributed by atoms with Crippen LogP contribution in [0.4, 0.5) is 0 Å². The van der Waals surface area contributed by atoms with E-state index in [0.717, 1.165) is 5.56 Å². The van der Waals surface area contributed by atoms with Crippen LogP contribution in [-0.4, -0.2) is 34.5 Å². The molecule has 6 heteroatoms. The highest BCUT2D eigenvalue weighted by molar-refractivity contribution is 6.33. The zero-order valence-corrected chi connectivity index (χ0v) is 14.6. The van der Waals surface area contributed by atoms with Gasteiger partial charge in [0.05, 0.1) is 17.0 Å². The third kappa shape index (κ3) is 4.45. The molecule has 1 aromatic heterocycles. The van der Waals surface area contributed by atoms with E-state index in [4.69, 9.17) is 16.1 Å². The zero-order valence-electron chi connectivity index (χ0n) is 13.9. The molecule has 0 aliphatic rings. The highest BCUT2D eigenvalue weighted by Gasteiger charge is 2.14. The van der Waals surface area contributed by atoms with Gasteiger partial charge >= 0.3 is 0 Å². The second kappa shape index (κ2) is 7.94. The van der Waals surface area contributed by atoms with Crippen LogP contribution in [0, 0.1) is 0 Å². The van der Waals surface area contributed by atoms with Crippen LogP contribution in [0.5, 0.6) is 0 Å². The predicted octanol–water partition coefficient (Wildman–Crippen LogP) is 3.63. The molecule has 0 radical (unpaired) electrons. The molecule has 0 bridgehead atoms. The average Bonchev–Trinajstić information content (AvgIpc) is 3.09. The molecule has 0 atom stereocenters. The Morgan fingerprint density at radius 2 is 1.84 bits per heavy atom. The van der Waals surface area contributed by atoms with Crippen molar-refractivity contribution >= 4 is 17.5 Å². The number of nitrogens with zero attached hydrogens (tertiary/aromatic N) is 3. The number of aromatic nitrogens is 2. The van der Waals surface area contributed by atoms with Crippen molar-refractivity contribution in [3.63, 3.8) is 0 Å². The van der Waals surface area contributed by atoms with Crippen LogP contribution in [0.15, 0.2) is 59.1 Å². The summed E-state index contributed by atoms with van der Waals surface area (Å²) in [7, 11) is 1.78. The Labute approximate surface area is 151 Å². The van der Waals surface area contributed by atoms with Crippen molar-refractivity contribution in [3.05, 3.63) is 71.0 Å². The van der Waals surface area contributed by atoms with Crippen molar-refractivity contribution in [2.75, 3.05) is 13.6 Å². The van der Waals surface area contributed by atoms with E-state index in [1.54, 1.807) is 18.0 Å². The first-order valence-electron chi connectivity index (χ1n) is 7.99. The molecular weight excluding hydrogens is 338 g/mol. The van der Waals surface area contributed by atoms with Crippen LogP contribution in [0.2, 0.25) is 5.02 Å². The lowest BCUT2D eigenvalue weighted by atomic mass is 10.1. The Hall–Kier alpha value is -2.66. The lowest BCUT2D eigenvalue weighted by Gasteiger charge is -2.16. The van der Waals surface area contributed by atoms with E-state index >= 15 is 0 Å². The van der Waals surface area contributed by atoms with Gasteiger partial charge in [-0.2, -0.15) is 4.98 Å². The van der Waals surface area contributed by atoms with Crippen molar-refractivity contribution in [1.29, 1.82) is 0 Å². The van der Waals surface area contributed by atoms with Crippen molar-refractivity contribution in [2.24, 2.45) is 0 Å². The van der Waals surface area contributed by atoms with E-state index in [2.05, 4.69) is 10.1 Å². The van der Waals surface area contributed by atoms with Gasteiger partial charge in [-0.25, -0.2) is 0 Å². The van der Waals surface area contributed by atoms with Gasteiger partial charge in [0, 0.05) is 20.0 Å². The molecule has 3 rings (SSSR count). The molecule has 0 fully saturated rings. The molecule has 0 unspecified atom stereocenters. The van der Waals surface area contributed by atoms with Crippen molar-refractivity contribution in [2.45, 2.75) is 12.8 Å². The molecule has 0 saturated heterocycles. The van der Waals surface area contributed by atoms with E-state index in [0.29, 0.717) is 41.7 Å². The Morgan fingerprint density at radius 3 is 2.60 bits per heavy atom. The van der Waals surface area contributed by atoms with E-state index in [-0.39, 0.29) is 5.91 Å². The van der Waals surface area contributed by atoms with Gasteiger partial charge in [0.25, 0.3) is 5.89 Å². The Balaban J connectivity index is 1.57. The zero-order chi connectivity index (χ0) is 17.6. The van der Waals surface area contributed by atoms with Gasteiger partial charge in [0.15, 0.2) is 5.82 Å². The minimum atomic E-state index is 0.0565. The summed E-state index contributed by atoms with van der Waals surface area (Å²) in [4.78, 5) is 18.3. The van der Waals surface area contributed by atoms with Crippen molar-refractivity contribution in [1.82, 2.24) is 15.0 Å². The second-order valence-electron chi connectivity index (χ2n) is 5.72. The molecule has 0 N–H and O–H groups in total. The SMILES string of the molecule is CN(CCc1noc(-c2ccccc2Cl)n1)C(=O)Cc1ccccc1. The number of carbonyl (C=O) groups excluding carboxylic acids is 1. The molecule has 2 aromatic carbocycles. The lowest BCUT2D eigenvalue weighted by Crippen LogP contribution is -2.30. The third-order valence-corrected chi connectivity index (χ3v) is 4.20. The van der Waals surface area contributed by atoms with Crippen LogP contribution in [0.25, 0.3) is 11.5 Å². The van der Waals surface area contributed by atoms with Gasteiger partial charge in [0.2, 0.25) is 5.91 Å². The van der Waals surface area contributed by atoms with Gasteiger partial charge < -0.3 is 9.42 Å². The normalized spacial score (nSPS) is 10.6. The first-order valence-corrected chi connectivity index (χ1v) is 8.36. The minimum Gasteiger partial charge on any atom is -0.345 e. The number of carbonyl (C=O) groups is 1. The summed E-state index contributed by atoms with van der Waals surface area (Å²) in [5.74, 6) is 0.995. The molecule has 0 spiro atoms.